The molecule has 33 heavy (non-hydrogen) atoms. The van der Waals surface area contributed by atoms with Crippen LogP contribution in [0, 0.1) is 0 Å². The van der Waals surface area contributed by atoms with Crippen molar-refractivity contribution in [1.29, 1.82) is 0 Å². The van der Waals surface area contributed by atoms with Crippen LogP contribution in [0.25, 0.3) is 22.3 Å². The van der Waals surface area contributed by atoms with Crippen molar-refractivity contribution >= 4 is 22.7 Å². The number of aromatic nitrogens is 4. The van der Waals surface area contributed by atoms with Crippen molar-refractivity contribution in [3.05, 3.63) is 70.3 Å². The molecular formula is C22H19F3N4O3S. The van der Waals surface area contributed by atoms with Crippen molar-refractivity contribution in [3.63, 3.8) is 0 Å². The van der Waals surface area contributed by atoms with Crippen molar-refractivity contribution < 1.29 is 22.4 Å². The maximum Gasteiger partial charge on any atom is 0.416 e. The van der Waals surface area contributed by atoms with Crippen LogP contribution in [0.4, 0.5) is 13.2 Å². The Morgan fingerprint density at radius 3 is 2.70 bits per heavy atom. The van der Waals surface area contributed by atoms with E-state index >= 15 is 0 Å². The molecule has 2 heterocycles. The summed E-state index contributed by atoms with van der Waals surface area (Å²) in [5.74, 6) is 0.422. The number of thioether (sulfide) groups is 1. The minimum Gasteiger partial charge on any atom is -0.383 e. The summed E-state index contributed by atoms with van der Waals surface area (Å²) < 4.78 is 51.0. The van der Waals surface area contributed by atoms with Crippen LogP contribution < -0.4 is 5.56 Å². The highest BCUT2D eigenvalue weighted by atomic mass is 32.2. The van der Waals surface area contributed by atoms with Gasteiger partial charge in [0.15, 0.2) is 5.16 Å². The molecule has 2 aromatic carbocycles. The van der Waals surface area contributed by atoms with Gasteiger partial charge in [-0.1, -0.05) is 41.2 Å². The molecule has 0 fully saturated rings. The maximum absolute atomic E-state index is 13.1. The summed E-state index contributed by atoms with van der Waals surface area (Å²) in [5.41, 5.74) is -0.236. The molecule has 0 spiro atoms. The van der Waals surface area contributed by atoms with Crippen LogP contribution in [-0.4, -0.2) is 33.4 Å². The van der Waals surface area contributed by atoms with E-state index in [0.29, 0.717) is 22.7 Å². The smallest absolute Gasteiger partial charge is 0.383 e. The topological polar surface area (TPSA) is 83.0 Å². The predicted octanol–water partition coefficient (Wildman–Crippen LogP) is 4.97. The first-order valence-corrected chi connectivity index (χ1v) is 10.9. The number of benzene rings is 2. The maximum atomic E-state index is 13.1. The molecular weight excluding hydrogens is 457 g/mol. The monoisotopic (exact) mass is 476 g/mol. The van der Waals surface area contributed by atoms with Gasteiger partial charge in [0, 0.05) is 12.7 Å². The van der Waals surface area contributed by atoms with E-state index in [2.05, 4.69) is 15.1 Å². The highest BCUT2D eigenvalue weighted by molar-refractivity contribution is 7.98. The zero-order valence-corrected chi connectivity index (χ0v) is 18.5. The Morgan fingerprint density at radius 1 is 1.15 bits per heavy atom. The molecule has 0 N–H and O–H groups in total. The van der Waals surface area contributed by atoms with Gasteiger partial charge < -0.3 is 9.26 Å². The molecule has 1 unspecified atom stereocenters. The molecule has 7 nitrogen and oxygen atoms in total. The van der Waals surface area contributed by atoms with Gasteiger partial charge in [-0.15, -0.1) is 0 Å². The van der Waals surface area contributed by atoms with Crippen LogP contribution in [0.1, 0.15) is 24.4 Å². The number of hydrogen-bond donors (Lipinski definition) is 0. The van der Waals surface area contributed by atoms with Gasteiger partial charge in [-0.2, -0.15) is 18.2 Å². The van der Waals surface area contributed by atoms with E-state index < -0.39 is 11.7 Å². The Morgan fingerprint density at radius 2 is 1.94 bits per heavy atom. The summed E-state index contributed by atoms with van der Waals surface area (Å²) in [4.78, 5) is 21.9. The van der Waals surface area contributed by atoms with Crippen LogP contribution in [-0.2, 0) is 16.7 Å². The Labute approximate surface area is 190 Å². The quantitative estimate of drug-likeness (QED) is 0.275. The van der Waals surface area contributed by atoms with Crippen LogP contribution in [0.15, 0.2) is 63.0 Å². The molecule has 0 aliphatic rings. The van der Waals surface area contributed by atoms with E-state index in [1.54, 1.807) is 35.9 Å². The largest absolute Gasteiger partial charge is 0.416 e. The van der Waals surface area contributed by atoms with E-state index in [0.717, 1.165) is 12.1 Å². The third-order valence-electron chi connectivity index (χ3n) is 4.87. The number of rotatable bonds is 7. The van der Waals surface area contributed by atoms with Gasteiger partial charge in [-0.05, 0) is 31.2 Å². The number of halogens is 3. The molecule has 4 rings (SSSR count). The molecule has 0 saturated carbocycles. The summed E-state index contributed by atoms with van der Waals surface area (Å²) in [7, 11) is 1.55. The molecule has 1 atom stereocenters. The highest BCUT2D eigenvalue weighted by Crippen LogP contribution is 2.32. The molecule has 0 aliphatic carbocycles. The van der Waals surface area contributed by atoms with E-state index in [-0.39, 0.29) is 34.6 Å². The molecule has 0 bridgehead atoms. The third-order valence-corrected chi connectivity index (χ3v) is 5.80. The van der Waals surface area contributed by atoms with Gasteiger partial charge in [0.05, 0.1) is 34.9 Å². The molecule has 0 saturated heterocycles. The zero-order valence-electron chi connectivity index (χ0n) is 17.7. The lowest BCUT2D eigenvalue weighted by Crippen LogP contribution is -2.28. The molecule has 11 heteroatoms. The minimum absolute atomic E-state index is 0.0494. The van der Waals surface area contributed by atoms with Gasteiger partial charge in [0.1, 0.15) is 0 Å². The van der Waals surface area contributed by atoms with E-state index in [4.69, 9.17) is 9.26 Å². The molecule has 0 aliphatic heterocycles. The van der Waals surface area contributed by atoms with Crippen LogP contribution >= 0.6 is 11.8 Å². The second-order valence-corrected chi connectivity index (χ2v) is 8.21. The first-order valence-electron chi connectivity index (χ1n) is 9.91. The lowest BCUT2D eigenvalue weighted by Gasteiger charge is -2.18. The molecule has 172 valence electrons. The second kappa shape index (κ2) is 9.36. The van der Waals surface area contributed by atoms with Gasteiger partial charge in [0.25, 0.3) is 5.56 Å². The average Bonchev–Trinajstić information content (AvgIpc) is 3.26. The van der Waals surface area contributed by atoms with Crippen molar-refractivity contribution in [2.45, 2.75) is 30.1 Å². The fourth-order valence-corrected chi connectivity index (χ4v) is 4.26. The normalized spacial score (nSPS) is 12.9. The summed E-state index contributed by atoms with van der Waals surface area (Å²) in [5, 5.41) is 4.74. The Balaban J connectivity index is 1.61. The summed E-state index contributed by atoms with van der Waals surface area (Å²) in [6.45, 7) is 2.16. The van der Waals surface area contributed by atoms with Gasteiger partial charge in [-0.25, -0.2) is 4.98 Å². The molecule has 0 amide bonds. The number of methoxy groups -OCH3 is 1. The standard InChI is InChI=1S/C22H19F3N4O3S/c1-13(11-31-2)29-20(30)16-8-3-4-9-17(16)26-21(29)33-12-18-27-19(28-32-18)14-6-5-7-15(10-14)22(23,24)25/h3-10,13H,11-12H2,1-2H3. The van der Waals surface area contributed by atoms with E-state index in [9.17, 15) is 18.0 Å². The first kappa shape index (κ1) is 23.0. The van der Waals surface area contributed by atoms with E-state index in [1.165, 1.54) is 23.9 Å². The summed E-state index contributed by atoms with van der Waals surface area (Å²) in [6, 6.07) is 11.5. The second-order valence-electron chi connectivity index (χ2n) is 7.27. The third kappa shape index (κ3) is 4.93. The van der Waals surface area contributed by atoms with Crippen LogP contribution in [0.3, 0.4) is 0 Å². The number of ether oxygens (including phenoxy) is 1. The number of alkyl halides is 3. The Kier molecular flexibility index (Phi) is 6.52. The predicted molar refractivity (Wildman–Crippen MR) is 117 cm³/mol. The van der Waals surface area contributed by atoms with Crippen molar-refractivity contribution in [2.75, 3.05) is 13.7 Å². The average molecular weight is 476 g/mol. The van der Waals surface area contributed by atoms with Crippen LogP contribution in [0.5, 0.6) is 0 Å². The van der Waals surface area contributed by atoms with Crippen molar-refractivity contribution in [3.8, 4) is 11.4 Å². The SMILES string of the molecule is COCC(C)n1c(SCc2nc(-c3cccc(C(F)(F)F)c3)no2)nc2ccccc2c1=O. The number of nitrogens with zero attached hydrogens (tertiary/aromatic N) is 4. The minimum atomic E-state index is -4.47. The van der Waals surface area contributed by atoms with Crippen molar-refractivity contribution in [1.82, 2.24) is 19.7 Å². The lowest BCUT2D eigenvalue weighted by atomic mass is 10.1. The summed E-state index contributed by atoms with van der Waals surface area (Å²) in [6.07, 6.45) is -4.47. The fraction of sp³-hybridized carbons (Fsp3) is 0.273. The highest BCUT2D eigenvalue weighted by Gasteiger charge is 2.30. The number of hydrogen-bond acceptors (Lipinski definition) is 7. The molecule has 4 aromatic rings. The lowest BCUT2D eigenvalue weighted by molar-refractivity contribution is -0.137. The van der Waals surface area contributed by atoms with Crippen LogP contribution in [0.2, 0.25) is 0 Å². The number of fused-ring (bicyclic) bond motifs is 1. The summed E-state index contributed by atoms with van der Waals surface area (Å²) >= 11 is 1.22. The van der Waals surface area contributed by atoms with Crippen molar-refractivity contribution in [2.24, 2.45) is 0 Å². The van der Waals surface area contributed by atoms with E-state index in [1.807, 2.05) is 6.92 Å². The Bertz CT molecular complexity index is 1340. The zero-order chi connectivity index (χ0) is 23.6. The number of para-hydroxylation sites is 1. The fourth-order valence-electron chi connectivity index (χ4n) is 3.32. The molecule has 2 aromatic heterocycles. The van der Waals surface area contributed by atoms with Gasteiger partial charge in [-0.3, -0.25) is 9.36 Å². The Hall–Kier alpha value is -3.18. The van der Waals surface area contributed by atoms with Gasteiger partial charge in [0.2, 0.25) is 11.7 Å². The molecule has 0 radical (unpaired) electrons. The van der Waals surface area contributed by atoms with Gasteiger partial charge >= 0.3 is 6.18 Å². The first-order chi connectivity index (χ1) is 15.8.